The fourth-order valence-electron chi connectivity index (χ4n) is 7.11. The Morgan fingerprint density at radius 3 is 1.31 bits per heavy atom. The van der Waals surface area contributed by atoms with Crippen LogP contribution in [0.1, 0.15) is 224 Å². The molecular formula is C43H75N3O3. The molecule has 1 amide bonds. The number of nitrogens with one attached hydrogen (secondary N) is 2. The Morgan fingerprint density at radius 1 is 0.531 bits per heavy atom. The zero-order valence-electron chi connectivity index (χ0n) is 32.0. The molecule has 280 valence electrons. The van der Waals surface area contributed by atoms with Gasteiger partial charge in [0, 0.05) is 12.8 Å². The van der Waals surface area contributed by atoms with Crippen LogP contribution in [0.5, 0.6) is 0 Å². The fraction of sp³-hybridized carbons (Fsp3) is 0.791. The smallest absolute Gasteiger partial charge is 0.274 e. The highest BCUT2D eigenvalue weighted by Crippen LogP contribution is 2.22. The van der Waals surface area contributed by atoms with Gasteiger partial charge in [-0.25, -0.2) is 4.68 Å². The average molecular weight is 682 g/mol. The molecule has 2 rings (SSSR count). The third kappa shape index (κ3) is 20.2. The van der Waals surface area contributed by atoms with Gasteiger partial charge < -0.3 is 5.32 Å². The summed E-state index contributed by atoms with van der Waals surface area (Å²) in [4.78, 5) is 38.6. The first-order valence-corrected chi connectivity index (χ1v) is 21.1. The number of amides is 1. The Hall–Kier alpha value is -2.37. The van der Waals surface area contributed by atoms with Crippen LogP contribution >= 0.6 is 0 Å². The number of carbonyl (C=O) groups excluding carboxylic acids is 2. The van der Waals surface area contributed by atoms with E-state index in [0.717, 1.165) is 32.1 Å². The molecule has 0 saturated heterocycles. The molecule has 0 bridgehead atoms. The minimum atomic E-state index is -0.331. The third-order valence-corrected chi connectivity index (χ3v) is 10.2. The van der Waals surface area contributed by atoms with Crippen LogP contribution in [0.15, 0.2) is 23.0 Å². The van der Waals surface area contributed by atoms with Crippen LogP contribution in [0.4, 0.5) is 5.69 Å². The zero-order chi connectivity index (χ0) is 35.2. The minimum absolute atomic E-state index is 0.0709. The SMILES string of the molecule is CCCCCCCCCCCCCCCCCC(=O)Nc1cccc2c1c(=O)[nH]n2C(=O)CCCCCCCCCCCCCCCCC. The number of H-pyrrole nitrogens is 1. The van der Waals surface area contributed by atoms with Crippen molar-refractivity contribution in [2.45, 2.75) is 219 Å². The Balaban J connectivity index is 1.54. The number of unbranched alkanes of at least 4 members (excludes halogenated alkanes) is 28. The van der Waals surface area contributed by atoms with Gasteiger partial charge in [-0.2, -0.15) is 0 Å². The largest absolute Gasteiger partial charge is 0.325 e. The zero-order valence-corrected chi connectivity index (χ0v) is 32.0. The average Bonchev–Trinajstić information content (AvgIpc) is 3.45. The quantitative estimate of drug-likeness (QED) is 0.0735. The highest BCUT2D eigenvalue weighted by molar-refractivity contribution is 6.03. The molecule has 0 aliphatic rings. The van der Waals surface area contributed by atoms with Crippen LogP contribution in [0.2, 0.25) is 0 Å². The van der Waals surface area contributed by atoms with Crippen LogP contribution in [-0.2, 0) is 4.79 Å². The lowest BCUT2D eigenvalue weighted by atomic mass is 10.0. The van der Waals surface area contributed by atoms with E-state index in [-0.39, 0.29) is 17.4 Å². The second-order valence-electron chi connectivity index (χ2n) is 14.8. The summed E-state index contributed by atoms with van der Waals surface area (Å²) in [6, 6.07) is 5.34. The van der Waals surface area contributed by atoms with Crippen molar-refractivity contribution in [1.29, 1.82) is 0 Å². The van der Waals surface area contributed by atoms with Gasteiger partial charge in [0.15, 0.2) is 0 Å². The van der Waals surface area contributed by atoms with Crippen molar-refractivity contribution < 1.29 is 9.59 Å². The summed E-state index contributed by atoms with van der Waals surface area (Å²) in [7, 11) is 0. The normalized spacial score (nSPS) is 11.5. The van der Waals surface area contributed by atoms with E-state index in [1.807, 2.05) is 0 Å². The standard InChI is InChI=1S/C43H75N3O3/c1-3-5-7-9-11-13-15-17-19-21-23-25-27-29-31-36-40(47)44-38-34-33-35-39-42(38)43(49)45-46(39)41(48)37-32-30-28-26-24-22-20-18-16-14-12-10-8-6-4-2/h33-35H,3-32,36-37H2,1-2H3,(H,44,47)(H,45,49). The van der Waals surface area contributed by atoms with E-state index in [2.05, 4.69) is 24.3 Å². The van der Waals surface area contributed by atoms with Crippen LogP contribution in [0.3, 0.4) is 0 Å². The lowest BCUT2D eigenvalue weighted by Crippen LogP contribution is -2.14. The van der Waals surface area contributed by atoms with Crippen LogP contribution in [0, 0.1) is 0 Å². The van der Waals surface area contributed by atoms with Gasteiger partial charge in [-0.1, -0.05) is 200 Å². The van der Waals surface area contributed by atoms with Crippen molar-refractivity contribution >= 4 is 28.4 Å². The Labute approximate surface area is 300 Å². The summed E-state index contributed by atoms with van der Waals surface area (Å²) >= 11 is 0. The fourth-order valence-corrected chi connectivity index (χ4v) is 7.11. The van der Waals surface area contributed by atoms with Crippen molar-refractivity contribution in [3.63, 3.8) is 0 Å². The number of aromatic amines is 1. The van der Waals surface area contributed by atoms with Gasteiger partial charge in [-0.15, -0.1) is 0 Å². The molecule has 0 saturated carbocycles. The Bertz CT molecular complexity index is 1170. The first-order valence-electron chi connectivity index (χ1n) is 21.1. The predicted molar refractivity (Wildman–Crippen MR) is 211 cm³/mol. The molecule has 0 fully saturated rings. The third-order valence-electron chi connectivity index (χ3n) is 10.2. The number of rotatable bonds is 33. The van der Waals surface area contributed by atoms with E-state index < -0.39 is 0 Å². The summed E-state index contributed by atoms with van der Waals surface area (Å²) in [5, 5.41) is 6.06. The van der Waals surface area contributed by atoms with E-state index in [0.29, 0.717) is 29.4 Å². The monoisotopic (exact) mass is 682 g/mol. The van der Waals surface area contributed by atoms with E-state index in [1.165, 1.54) is 165 Å². The number of anilines is 1. The number of benzene rings is 1. The Kier molecular flexibility index (Phi) is 25.7. The number of fused-ring (bicyclic) bond motifs is 1. The van der Waals surface area contributed by atoms with Gasteiger partial charge in [-0.3, -0.25) is 19.5 Å². The number of carbonyl (C=O) groups is 2. The van der Waals surface area contributed by atoms with E-state index in [4.69, 9.17) is 0 Å². The number of hydrogen-bond donors (Lipinski definition) is 2. The summed E-state index contributed by atoms with van der Waals surface area (Å²) in [5.41, 5.74) is 0.701. The molecule has 0 unspecified atom stereocenters. The highest BCUT2D eigenvalue weighted by Gasteiger charge is 2.16. The maximum absolute atomic E-state index is 13.0. The Morgan fingerprint density at radius 2 is 0.898 bits per heavy atom. The number of hydrogen-bond acceptors (Lipinski definition) is 3. The number of nitrogens with zero attached hydrogens (tertiary/aromatic N) is 1. The van der Waals surface area contributed by atoms with Gasteiger partial charge >= 0.3 is 0 Å². The molecule has 0 atom stereocenters. The summed E-state index contributed by atoms with van der Waals surface area (Å²) in [6.07, 6.45) is 39.6. The van der Waals surface area contributed by atoms with Crippen molar-refractivity contribution in [2.24, 2.45) is 0 Å². The van der Waals surface area contributed by atoms with Gasteiger partial charge in [0.25, 0.3) is 5.56 Å². The molecule has 2 aromatic rings. The number of aromatic nitrogens is 2. The van der Waals surface area contributed by atoms with Crippen molar-refractivity contribution in [1.82, 2.24) is 9.78 Å². The second kappa shape index (κ2) is 29.4. The van der Waals surface area contributed by atoms with E-state index in [1.54, 1.807) is 18.2 Å². The molecule has 0 aliphatic heterocycles. The molecule has 49 heavy (non-hydrogen) atoms. The molecule has 6 nitrogen and oxygen atoms in total. The molecule has 6 heteroatoms. The molecule has 1 aromatic heterocycles. The molecule has 0 radical (unpaired) electrons. The van der Waals surface area contributed by atoms with Gasteiger partial charge in [0.05, 0.1) is 16.6 Å². The molecule has 1 aromatic carbocycles. The van der Waals surface area contributed by atoms with Crippen LogP contribution in [-0.4, -0.2) is 21.6 Å². The summed E-state index contributed by atoms with van der Waals surface area (Å²) in [6.45, 7) is 4.55. The topological polar surface area (TPSA) is 84.0 Å². The van der Waals surface area contributed by atoms with Crippen molar-refractivity contribution in [3.05, 3.63) is 28.6 Å². The molecule has 2 N–H and O–H groups in total. The van der Waals surface area contributed by atoms with Crippen LogP contribution < -0.4 is 10.9 Å². The van der Waals surface area contributed by atoms with E-state index >= 15 is 0 Å². The van der Waals surface area contributed by atoms with Crippen molar-refractivity contribution in [3.8, 4) is 0 Å². The maximum atomic E-state index is 13.0. The molecule has 0 spiro atoms. The first-order chi connectivity index (χ1) is 24.1. The van der Waals surface area contributed by atoms with Crippen molar-refractivity contribution in [2.75, 3.05) is 5.32 Å². The van der Waals surface area contributed by atoms with Crippen LogP contribution in [0.25, 0.3) is 10.9 Å². The maximum Gasteiger partial charge on any atom is 0.274 e. The van der Waals surface area contributed by atoms with E-state index in [9.17, 15) is 14.4 Å². The molecule has 0 aliphatic carbocycles. The van der Waals surface area contributed by atoms with Gasteiger partial charge in [0.2, 0.25) is 11.8 Å². The minimum Gasteiger partial charge on any atom is -0.325 e. The second-order valence-corrected chi connectivity index (χ2v) is 14.8. The lowest BCUT2D eigenvalue weighted by Gasteiger charge is -2.08. The molecule has 1 heterocycles. The predicted octanol–water partition coefficient (Wildman–Crippen LogP) is 13.4. The lowest BCUT2D eigenvalue weighted by molar-refractivity contribution is -0.116. The summed E-state index contributed by atoms with van der Waals surface area (Å²) < 4.78 is 1.38. The van der Waals surface area contributed by atoms with Gasteiger partial charge in [0.1, 0.15) is 0 Å². The van der Waals surface area contributed by atoms with Gasteiger partial charge in [-0.05, 0) is 25.0 Å². The summed E-state index contributed by atoms with van der Waals surface area (Å²) in [5.74, 6) is -0.165. The highest BCUT2D eigenvalue weighted by atomic mass is 16.2. The first kappa shape index (κ1) is 42.8. The molecular weight excluding hydrogens is 606 g/mol.